The Balaban J connectivity index is 1.64. The molecule has 0 bridgehead atoms. The monoisotopic (exact) mass is 466 g/mol. The predicted molar refractivity (Wildman–Crippen MR) is 126 cm³/mol. The topological polar surface area (TPSA) is 17.1 Å². The van der Waals surface area contributed by atoms with E-state index in [2.05, 4.69) is 0 Å². The summed E-state index contributed by atoms with van der Waals surface area (Å²) in [4.78, 5) is 13.1. The molecule has 0 amide bonds. The summed E-state index contributed by atoms with van der Waals surface area (Å²) in [5.74, 6) is -0.707. The first-order valence-corrected chi connectivity index (χ1v) is 10.8. The maximum Gasteiger partial charge on any atom is 0.141 e. The van der Waals surface area contributed by atoms with E-state index in [0.29, 0.717) is 21.2 Å². The summed E-state index contributed by atoms with van der Waals surface area (Å²) in [5.41, 5.74) is 4.45. The van der Waals surface area contributed by atoms with E-state index < -0.39 is 0 Å². The van der Waals surface area contributed by atoms with Gasteiger partial charge < -0.3 is 0 Å². The fourth-order valence-electron chi connectivity index (χ4n) is 3.80. The lowest BCUT2D eigenvalue weighted by Crippen LogP contribution is -2.09. The van der Waals surface area contributed by atoms with Gasteiger partial charge in [0.15, 0.2) is 0 Å². The van der Waals surface area contributed by atoms with E-state index in [4.69, 9.17) is 23.2 Å². The highest BCUT2D eigenvalue weighted by Crippen LogP contribution is 2.34. The Morgan fingerprint density at radius 3 is 1.34 bits per heavy atom. The Morgan fingerprint density at radius 2 is 0.969 bits per heavy atom. The van der Waals surface area contributed by atoms with Crippen LogP contribution in [0.25, 0.3) is 22.3 Å². The molecule has 4 rings (SSSR count). The van der Waals surface area contributed by atoms with Crippen molar-refractivity contribution in [2.75, 3.05) is 0 Å². The molecule has 0 aromatic heterocycles. The molecule has 0 heterocycles. The van der Waals surface area contributed by atoms with Crippen molar-refractivity contribution >= 4 is 29.0 Å². The lowest BCUT2D eigenvalue weighted by atomic mass is 9.92. The highest BCUT2D eigenvalue weighted by Gasteiger charge is 2.16. The molecule has 0 spiro atoms. The van der Waals surface area contributed by atoms with Crippen LogP contribution in [0, 0.1) is 11.6 Å². The second-order valence-electron chi connectivity index (χ2n) is 7.45. The average molecular weight is 467 g/mol. The zero-order chi connectivity index (χ0) is 22.7. The minimum atomic E-state index is -0.340. The summed E-state index contributed by atoms with van der Waals surface area (Å²) in [5, 5.41) is 0.994. The molecular weight excluding hydrogens is 449 g/mol. The predicted octanol–water partition coefficient (Wildman–Crippen LogP) is 7.96. The van der Waals surface area contributed by atoms with Gasteiger partial charge in [-0.3, -0.25) is 4.79 Å². The van der Waals surface area contributed by atoms with Crippen molar-refractivity contribution in [3.8, 4) is 22.3 Å². The lowest BCUT2D eigenvalue weighted by Gasteiger charge is -2.14. The van der Waals surface area contributed by atoms with E-state index in [9.17, 15) is 13.6 Å². The molecule has 0 N–H and O–H groups in total. The van der Waals surface area contributed by atoms with Crippen LogP contribution in [0.5, 0.6) is 0 Å². The molecule has 0 atom stereocenters. The number of hydrogen-bond donors (Lipinski definition) is 0. The molecule has 5 heteroatoms. The normalized spacial score (nSPS) is 10.9. The van der Waals surface area contributed by atoms with Crippen molar-refractivity contribution in [3.05, 3.63) is 118 Å². The number of halogens is 4. The number of Topliss-reactive ketones (excluding diaryl/α,β-unsaturated/α-hetero) is 1. The zero-order valence-electron chi connectivity index (χ0n) is 16.9. The van der Waals surface area contributed by atoms with Gasteiger partial charge in [0.05, 0.1) is 0 Å². The van der Waals surface area contributed by atoms with Gasteiger partial charge in [0, 0.05) is 34.0 Å². The lowest BCUT2D eigenvalue weighted by molar-refractivity contribution is -0.117. The van der Waals surface area contributed by atoms with E-state index in [1.807, 2.05) is 12.1 Å². The van der Waals surface area contributed by atoms with Gasteiger partial charge in [-0.2, -0.15) is 0 Å². The van der Waals surface area contributed by atoms with Crippen LogP contribution < -0.4 is 0 Å². The molecular formula is C27H18Cl2F2O. The van der Waals surface area contributed by atoms with Crippen LogP contribution in [0.2, 0.25) is 10.0 Å². The standard InChI is InChI=1S/C27H18Cl2F2O/c28-24-5-1-3-19(26(24)17-7-11-21(30)12-8-17)15-23(32)16-20-4-2-6-25(29)27(20)18-9-13-22(31)14-10-18/h1-14H,15-16H2. The van der Waals surface area contributed by atoms with E-state index in [1.165, 1.54) is 24.3 Å². The SMILES string of the molecule is O=C(Cc1cccc(Cl)c1-c1ccc(F)cc1)Cc1cccc(Cl)c1-c1ccc(F)cc1. The smallest absolute Gasteiger partial charge is 0.141 e. The molecule has 0 aliphatic carbocycles. The second kappa shape index (κ2) is 9.64. The third-order valence-corrected chi connectivity index (χ3v) is 5.87. The number of ketones is 1. The highest BCUT2D eigenvalue weighted by atomic mass is 35.5. The molecule has 0 aliphatic heterocycles. The Bertz CT molecular complexity index is 1170. The van der Waals surface area contributed by atoms with Crippen LogP contribution in [-0.2, 0) is 17.6 Å². The van der Waals surface area contributed by atoms with Gasteiger partial charge in [-0.05, 0) is 58.7 Å². The second-order valence-corrected chi connectivity index (χ2v) is 8.27. The number of rotatable bonds is 6. The summed E-state index contributed by atoms with van der Waals surface area (Å²) >= 11 is 12.9. The fourth-order valence-corrected chi connectivity index (χ4v) is 4.41. The number of hydrogen-bond acceptors (Lipinski definition) is 1. The van der Waals surface area contributed by atoms with Crippen molar-refractivity contribution in [2.45, 2.75) is 12.8 Å². The van der Waals surface area contributed by atoms with Crippen LogP contribution in [0.4, 0.5) is 8.78 Å². The van der Waals surface area contributed by atoms with E-state index in [0.717, 1.165) is 22.3 Å². The third kappa shape index (κ3) is 4.90. The Hall–Kier alpha value is -3.01. The van der Waals surface area contributed by atoms with Crippen LogP contribution in [0.15, 0.2) is 84.9 Å². The van der Waals surface area contributed by atoms with Gasteiger partial charge in [0.25, 0.3) is 0 Å². The first kappa shape index (κ1) is 22.2. The Morgan fingerprint density at radius 1 is 0.594 bits per heavy atom. The van der Waals surface area contributed by atoms with Crippen LogP contribution in [0.1, 0.15) is 11.1 Å². The van der Waals surface area contributed by atoms with Gasteiger partial charge in [-0.25, -0.2) is 8.78 Å². The Kier molecular flexibility index (Phi) is 6.69. The van der Waals surface area contributed by atoms with Gasteiger partial charge in [-0.15, -0.1) is 0 Å². The first-order chi connectivity index (χ1) is 15.4. The molecule has 4 aromatic rings. The Labute approximate surface area is 195 Å². The van der Waals surface area contributed by atoms with E-state index in [1.54, 1.807) is 48.5 Å². The molecule has 0 fully saturated rings. The van der Waals surface area contributed by atoms with E-state index in [-0.39, 0.29) is 30.3 Å². The first-order valence-electron chi connectivity index (χ1n) is 10.0. The average Bonchev–Trinajstić information content (AvgIpc) is 2.76. The minimum Gasteiger partial charge on any atom is -0.299 e. The zero-order valence-corrected chi connectivity index (χ0v) is 18.4. The number of carbonyl (C=O) groups is 1. The van der Waals surface area contributed by atoms with Gasteiger partial charge >= 0.3 is 0 Å². The quantitative estimate of drug-likeness (QED) is 0.281. The van der Waals surface area contributed by atoms with Gasteiger partial charge in [0.1, 0.15) is 17.4 Å². The summed E-state index contributed by atoms with van der Waals surface area (Å²) in [6, 6.07) is 22.8. The van der Waals surface area contributed by atoms with Crippen LogP contribution >= 0.6 is 23.2 Å². The van der Waals surface area contributed by atoms with Crippen molar-refractivity contribution in [2.24, 2.45) is 0 Å². The van der Waals surface area contributed by atoms with Crippen LogP contribution in [-0.4, -0.2) is 5.78 Å². The molecule has 0 radical (unpaired) electrons. The fraction of sp³-hybridized carbons (Fsp3) is 0.0741. The molecule has 160 valence electrons. The molecule has 1 nitrogen and oxygen atoms in total. The van der Waals surface area contributed by atoms with Crippen LogP contribution in [0.3, 0.4) is 0 Å². The van der Waals surface area contributed by atoms with Gasteiger partial charge in [-0.1, -0.05) is 71.7 Å². The molecule has 0 unspecified atom stereocenters. The van der Waals surface area contributed by atoms with Crippen molar-refractivity contribution in [1.82, 2.24) is 0 Å². The summed E-state index contributed by atoms with van der Waals surface area (Å²) in [6.07, 6.45) is 0.311. The van der Waals surface area contributed by atoms with E-state index >= 15 is 0 Å². The largest absolute Gasteiger partial charge is 0.299 e. The van der Waals surface area contributed by atoms with Crippen molar-refractivity contribution < 1.29 is 13.6 Å². The molecule has 0 aliphatic rings. The maximum absolute atomic E-state index is 13.4. The summed E-state index contributed by atoms with van der Waals surface area (Å²) in [7, 11) is 0. The van der Waals surface area contributed by atoms with Crippen molar-refractivity contribution in [1.29, 1.82) is 0 Å². The number of benzene rings is 4. The summed E-state index contributed by atoms with van der Waals surface area (Å²) < 4.78 is 26.7. The third-order valence-electron chi connectivity index (χ3n) is 5.24. The minimum absolute atomic E-state index is 0.0266. The van der Waals surface area contributed by atoms with Crippen molar-refractivity contribution in [3.63, 3.8) is 0 Å². The highest BCUT2D eigenvalue weighted by molar-refractivity contribution is 6.34. The molecule has 0 saturated carbocycles. The molecule has 0 saturated heterocycles. The maximum atomic E-state index is 13.4. The molecule has 32 heavy (non-hydrogen) atoms. The van der Waals surface area contributed by atoms with Gasteiger partial charge in [0.2, 0.25) is 0 Å². The molecule has 4 aromatic carbocycles. The summed E-state index contributed by atoms with van der Waals surface area (Å²) in [6.45, 7) is 0. The number of carbonyl (C=O) groups excluding carboxylic acids is 1.